The summed E-state index contributed by atoms with van der Waals surface area (Å²) >= 11 is 1.59. The van der Waals surface area contributed by atoms with E-state index in [1.165, 1.54) is 4.90 Å². The van der Waals surface area contributed by atoms with Gasteiger partial charge in [-0.2, -0.15) is 0 Å². The van der Waals surface area contributed by atoms with Crippen molar-refractivity contribution in [1.29, 1.82) is 0 Å². The molecule has 1 aromatic carbocycles. The fraction of sp³-hybridized carbons (Fsp3) is 0.421. The van der Waals surface area contributed by atoms with Crippen LogP contribution in [0, 0.1) is 11.8 Å². The van der Waals surface area contributed by atoms with E-state index >= 15 is 0 Å². The van der Waals surface area contributed by atoms with Crippen molar-refractivity contribution in [2.24, 2.45) is 11.8 Å². The number of nitrogens with zero attached hydrogens (tertiary/aromatic N) is 1. The van der Waals surface area contributed by atoms with E-state index in [2.05, 4.69) is 12.2 Å². The number of carbonyl (C=O) groups is 3. The lowest BCUT2D eigenvalue weighted by Gasteiger charge is -2.57. The van der Waals surface area contributed by atoms with Crippen LogP contribution in [0.2, 0.25) is 0 Å². The molecular formula is C19H20N2O4S. The summed E-state index contributed by atoms with van der Waals surface area (Å²) in [4.78, 5) is 38.0. The van der Waals surface area contributed by atoms with E-state index in [0.29, 0.717) is 5.92 Å². The molecule has 0 aromatic heterocycles. The first-order valence-corrected chi connectivity index (χ1v) is 9.63. The quantitative estimate of drug-likeness (QED) is 0.785. The van der Waals surface area contributed by atoms with E-state index in [1.807, 2.05) is 37.3 Å². The van der Waals surface area contributed by atoms with Crippen LogP contribution in [0.1, 0.15) is 19.4 Å². The van der Waals surface area contributed by atoms with Gasteiger partial charge < -0.3 is 10.4 Å². The van der Waals surface area contributed by atoms with Crippen molar-refractivity contribution < 1.29 is 19.5 Å². The van der Waals surface area contributed by atoms with Crippen LogP contribution in [0.4, 0.5) is 0 Å². The minimum absolute atomic E-state index is 0.110. The Kier molecular flexibility index (Phi) is 4.06. The Balaban J connectivity index is 1.51. The van der Waals surface area contributed by atoms with Crippen LogP contribution in [-0.2, 0) is 20.8 Å². The Labute approximate surface area is 155 Å². The van der Waals surface area contributed by atoms with Gasteiger partial charge in [0.15, 0.2) is 0 Å². The number of hydrogen-bond donors (Lipinski definition) is 2. The van der Waals surface area contributed by atoms with Gasteiger partial charge in [0.25, 0.3) is 5.91 Å². The molecule has 136 valence electrons. The number of benzene rings is 1. The number of thioether (sulfide) groups is 1. The van der Waals surface area contributed by atoms with Gasteiger partial charge in [-0.25, -0.2) is 4.79 Å². The third-order valence-electron chi connectivity index (χ3n) is 5.63. The smallest absolute Gasteiger partial charge is 0.352 e. The van der Waals surface area contributed by atoms with Crippen LogP contribution in [0.25, 0.3) is 0 Å². The van der Waals surface area contributed by atoms with Gasteiger partial charge in [-0.15, -0.1) is 11.8 Å². The summed E-state index contributed by atoms with van der Waals surface area (Å²) in [7, 11) is 0. The van der Waals surface area contributed by atoms with Crippen molar-refractivity contribution in [1.82, 2.24) is 10.2 Å². The highest BCUT2D eigenvalue weighted by Crippen LogP contribution is 2.56. The molecule has 2 N–H and O–H groups in total. The van der Waals surface area contributed by atoms with Crippen molar-refractivity contribution in [2.45, 2.75) is 36.9 Å². The number of carboxylic acids is 1. The van der Waals surface area contributed by atoms with Gasteiger partial charge in [0, 0.05) is 5.25 Å². The largest absolute Gasteiger partial charge is 0.477 e. The summed E-state index contributed by atoms with van der Waals surface area (Å²) < 4.78 is 0. The van der Waals surface area contributed by atoms with E-state index in [1.54, 1.807) is 11.8 Å². The van der Waals surface area contributed by atoms with Crippen LogP contribution in [0.5, 0.6) is 0 Å². The van der Waals surface area contributed by atoms with Gasteiger partial charge in [0.1, 0.15) is 17.1 Å². The number of carbonyl (C=O) groups excluding carboxylic acids is 2. The topological polar surface area (TPSA) is 86.7 Å². The van der Waals surface area contributed by atoms with Crippen LogP contribution >= 0.6 is 11.8 Å². The molecule has 1 saturated carbocycles. The number of carboxylic acid groups (broad SMARTS) is 1. The molecule has 1 aromatic rings. The summed E-state index contributed by atoms with van der Waals surface area (Å²) in [6.07, 6.45) is 0.200. The van der Waals surface area contributed by atoms with E-state index < -0.39 is 12.0 Å². The van der Waals surface area contributed by atoms with Gasteiger partial charge >= 0.3 is 5.97 Å². The molecule has 6 nitrogen and oxygen atoms in total. The van der Waals surface area contributed by atoms with Crippen molar-refractivity contribution in [2.75, 3.05) is 0 Å². The van der Waals surface area contributed by atoms with Crippen molar-refractivity contribution in [3.8, 4) is 0 Å². The second kappa shape index (κ2) is 6.16. The maximum absolute atomic E-state index is 12.6. The Morgan fingerprint density at radius 1 is 1.23 bits per heavy atom. The average molecular weight is 372 g/mol. The van der Waals surface area contributed by atoms with Gasteiger partial charge in [-0.1, -0.05) is 44.2 Å². The number of nitrogens with one attached hydrogen (secondary N) is 1. The molecule has 4 rings (SSSR count). The highest BCUT2D eigenvalue weighted by atomic mass is 32.2. The summed E-state index contributed by atoms with van der Waals surface area (Å²) in [6, 6.07) is 8.67. The van der Waals surface area contributed by atoms with E-state index in [-0.39, 0.29) is 40.5 Å². The standard InChI is InChI=1S/C19H20N2O4S/c1-9-10(2)16-13(9)15(19(24)25)21-17(23)14(18(21)26-16)20-12(22)8-11-6-4-3-5-7-11/h3-7,9-10,14,16,18H,8H2,1-2H3,(H,20,22)(H,24,25)/t9-,10+,14-,16?,18?/m1/s1. The van der Waals surface area contributed by atoms with Gasteiger partial charge in [0.05, 0.1) is 6.42 Å². The fourth-order valence-corrected chi connectivity index (χ4v) is 5.94. The van der Waals surface area contributed by atoms with Gasteiger partial charge in [-0.05, 0) is 23.0 Å². The Morgan fingerprint density at radius 3 is 2.58 bits per heavy atom. The predicted octanol–water partition coefficient (Wildman–Crippen LogP) is 1.62. The first-order valence-electron chi connectivity index (χ1n) is 8.69. The molecule has 2 unspecified atom stereocenters. The summed E-state index contributed by atoms with van der Waals surface area (Å²) in [5.74, 6) is -1.09. The van der Waals surface area contributed by atoms with Crippen LogP contribution in [0.15, 0.2) is 41.6 Å². The molecule has 2 amide bonds. The number of β-lactam (4-membered cyclic amide) rings is 1. The van der Waals surface area contributed by atoms with Gasteiger partial charge in [-0.3, -0.25) is 14.5 Å². The molecule has 0 spiro atoms. The predicted molar refractivity (Wildman–Crippen MR) is 97.1 cm³/mol. The normalized spacial score (nSPS) is 32.2. The zero-order valence-electron chi connectivity index (χ0n) is 14.5. The highest BCUT2D eigenvalue weighted by Gasteiger charge is 2.60. The number of fused-ring (bicyclic) bond motifs is 2. The molecule has 7 heteroatoms. The molecule has 3 aliphatic rings. The average Bonchev–Trinajstić information content (AvgIpc) is 2.64. The van der Waals surface area contributed by atoms with E-state index in [4.69, 9.17) is 0 Å². The molecule has 2 fully saturated rings. The Morgan fingerprint density at radius 2 is 1.92 bits per heavy atom. The van der Waals surface area contributed by atoms with Crippen molar-refractivity contribution in [3.63, 3.8) is 0 Å². The third kappa shape index (κ3) is 2.45. The summed E-state index contributed by atoms with van der Waals surface area (Å²) in [5, 5.41) is 12.2. The second-order valence-corrected chi connectivity index (χ2v) is 8.38. The molecule has 1 aliphatic carbocycles. The third-order valence-corrected chi connectivity index (χ3v) is 7.37. The lowest BCUT2D eigenvalue weighted by molar-refractivity contribution is -0.151. The monoisotopic (exact) mass is 372 g/mol. The molecule has 2 aliphatic heterocycles. The minimum atomic E-state index is -1.06. The first-order chi connectivity index (χ1) is 12.4. The molecule has 0 radical (unpaired) electrons. The van der Waals surface area contributed by atoms with Crippen LogP contribution < -0.4 is 5.32 Å². The molecule has 26 heavy (non-hydrogen) atoms. The summed E-state index contributed by atoms with van der Waals surface area (Å²) in [5.41, 5.74) is 1.86. The van der Waals surface area contributed by atoms with E-state index in [0.717, 1.165) is 11.1 Å². The minimum Gasteiger partial charge on any atom is -0.477 e. The number of hydrogen-bond acceptors (Lipinski definition) is 4. The highest BCUT2D eigenvalue weighted by molar-refractivity contribution is 8.01. The van der Waals surface area contributed by atoms with E-state index in [9.17, 15) is 19.5 Å². The maximum atomic E-state index is 12.6. The summed E-state index contributed by atoms with van der Waals surface area (Å²) in [6.45, 7) is 4.11. The SMILES string of the molecule is C[C@@H]1C2SC3[C@H](NC(=O)Cc4ccccc4)C(=O)N3C(C(=O)O)=C2[C@@H]1C. The first kappa shape index (κ1) is 17.1. The second-order valence-electron chi connectivity index (χ2n) is 7.12. The van der Waals surface area contributed by atoms with Crippen molar-refractivity contribution in [3.05, 3.63) is 47.2 Å². The van der Waals surface area contributed by atoms with Crippen LogP contribution in [-0.4, -0.2) is 44.5 Å². The lowest BCUT2D eigenvalue weighted by atomic mass is 9.69. The molecule has 2 heterocycles. The Bertz CT molecular complexity index is 822. The number of rotatable bonds is 4. The maximum Gasteiger partial charge on any atom is 0.352 e. The zero-order chi connectivity index (χ0) is 18.6. The van der Waals surface area contributed by atoms with Gasteiger partial charge in [0.2, 0.25) is 5.91 Å². The molecular weight excluding hydrogens is 352 g/mol. The van der Waals surface area contributed by atoms with Crippen LogP contribution in [0.3, 0.4) is 0 Å². The molecule has 0 bridgehead atoms. The Hall–Kier alpha value is -2.28. The number of aliphatic carboxylic acids is 1. The zero-order valence-corrected chi connectivity index (χ0v) is 15.3. The number of amides is 2. The fourth-order valence-electron chi connectivity index (χ4n) is 4.01. The molecule has 1 saturated heterocycles. The van der Waals surface area contributed by atoms with Crippen molar-refractivity contribution >= 4 is 29.5 Å². The molecule has 5 atom stereocenters. The lowest BCUT2D eigenvalue weighted by Crippen LogP contribution is -2.72.